The zero-order chi connectivity index (χ0) is 11.7. The summed E-state index contributed by atoms with van der Waals surface area (Å²) in [4.78, 5) is 4.32. The van der Waals surface area contributed by atoms with Gasteiger partial charge in [0.1, 0.15) is 5.75 Å². The molecule has 0 amide bonds. The minimum atomic E-state index is 0.295. The molecule has 0 aliphatic rings. The van der Waals surface area contributed by atoms with E-state index in [-0.39, 0.29) is 0 Å². The molecule has 3 aromatic rings. The summed E-state index contributed by atoms with van der Waals surface area (Å²) in [6.45, 7) is 0. The summed E-state index contributed by atoms with van der Waals surface area (Å²) in [7, 11) is 0. The summed E-state index contributed by atoms with van der Waals surface area (Å²) in [5.41, 5.74) is 2.79. The van der Waals surface area contributed by atoms with E-state index in [1.165, 1.54) is 0 Å². The van der Waals surface area contributed by atoms with Crippen molar-refractivity contribution >= 4 is 10.9 Å². The van der Waals surface area contributed by atoms with Gasteiger partial charge in [-0.15, -0.1) is 0 Å². The largest absolute Gasteiger partial charge is 0.507 e. The van der Waals surface area contributed by atoms with Crippen molar-refractivity contribution in [2.24, 2.45) is 0 Å². The van der Waals surface area contributed by atoms with Crippen molar-refractivity contribution in [3.05, 3.63) is 60.8 Å². The van der Waals surface area contributed by atoms with Gasteiger partial charge in [-0.1, -0.05) is 36.4 Å². The molecule has 0 bridgehead atoms. The lowest BCUT2D eigenvalue weighted by molar-refractivity contribution is 0.477. The lowest BCUT2D eigenvalue weighted by Gasteiger charge is -2.07. The summed E-state index contributed by atoms with van der Waals surface area (Å²) in [5, 5.41) is 11.0. The van der Waals surface area contributed by atoms with Crippen LogP contribution >= 0.6 is 0 Å². The highest BCUT2D eigenvalue weighted by Gasteiger charge is 2.07. The number of phenolic OH excluding ortho intramolecular Hbond substituents is 1. The number of aromatic hydroxyl groups is 1. The van der Waals surface area contributed by atoms with E-state index in [4.69, 9.17) is 0 Å². The average molecular weight is 221 g/mol. The molecule has 0 fully saturated rings. The first kappa shape index (κ1) is 9.85. The van der Waals surface area contributed by atoms with E-state index in [0.717, 1.165) is 22.0 Å². The van der Waals surface area contributed by atoms with Crippen LogP contribution in [0.5, 0.6) is 5.75 Å². The molecule has 2 aromatic carbocycles. The third kappa shape index (κ3) is 1.64. The van der Waals surface area contributed by atoms with Gasteiger partial charge in [0, 0.05) is 17.1 Å². The van der Waals surface area contributed by atoms with E-state index in [0.29, 0.717) is 5.75 Å². The Morgan fingerprint density at radius 3 is 2.41 bits per heavy atom. The highest BCUT2D eigenvalue weighted by atomic mass is 16.3. The number of rotatable bonds is 1. The van der Waals surface area contributed by atoms with Crippen LogP contribution in [0.4, 0.5) is 0 Å². The monoisotopic (exact) mass is 221 g/mol. The summed E-state index contributed by atoms with van der Waals surface area (Å²) in [6.07, 6.45) is 1.77. The number of nitrogens with zero attached hydrogens (tertiary/aromatic N) is 1. The standard InChI is InChI=1S/C15H11NO/c17-15-8-4-2-6-13(15)11-9-10-16-14-7-3-1-5-12(11)14/h1-10,17H. The molecular formula is C15H11NO. The summed E-state index contributed by atoms with van der Waals surface area (Å²) >= 11 is 0. The predicted molar refractivity (Wildman–Crippen MR) is 68.8 cm³/mol. The van der Waals surface area contributed by atoms with Crippen LogP contribution in [0.1, 0.15) is 0 Å². The van der Waals surface area contributed by atoms with Gasteiger partial charge in [0.2, 0.25) is 0 Å². The van der Waals surface area contributed by atoms with Gasteiger partial charge in [-0.3, -0.25) is 4.98 Å². The molecular weight excluding hydrogens is 210 g/mol. The Hall–Kier alpha value is -2.35. The van der Waals surface area contributed by atoms with E-state index in [9.17, 15) is 5.11 Å². The van der Waals surface area contributed by atoms with Crippen LogP contribution in [0.2, 0.25) is 0 Å². The SMILES string of the molecule is Oc1ccccc1-c1ccnc2ccccc12. The first-order chi connectivity index (χ1) is 8.36. The van der Waals surface area contributed by atoms with Crippen LogP contribution in [0, 0.1) is 0 Å². The molecule has 0 radical (unpaired) electrons. The molecule has 0 spiro atoms. The first-order valence-corrected chi connectivity index (χ1v) is 5.48. The molecule has 1 N–H and O–H groups in total. The third-order valence-corrected chi connectivity index (χ3v) is 2.84. The molecule has 2 heteroatoms. The number of benzene rings is 2. The Balaban J connectivity index is 2.35. The number of fused-ring (bicyclic) bond motifs is 1. The minimum absolute atomic E-state index is 0.295. The Morgan fingerprint density at radius 1 is 0.765 bits per heavy atom. The molecule has 0 aliphatic heterocycles. The fourth-order valence-corrected chi connectivity index (χ4v) is 2.03. The number of phenols is 1. The van der Waals surface area contributed by atoms with Gasteiger partial charge < -0.3 is 5.11 Å². The highest BCUT2D eigenvalue weighted by Crippen LogP contribution is 2.33. The molecule has 0 saturated heterocycles. The average Bonchev–Trinajstić information content (AvgIpc) is 2.39. The smallest absolute Gasteiger partial charge is 0.123 e. The molecule has 3 rings (SSSR count). The number of pyridine rings is 1. The van der Waals surface area contributed by atoms with Crippen molar-refractivity contribution in [2.75, 3.05) is 0 Å². The lowest BCUT2D eigenvalue weighted by atomic mass is 10.0. The Labute approximate surface area is 99.2 Å². The zero-order valence-corrected chi connectivity index (χ0v) is 9.17. The summed E-state index contributed by atoms with van der Waals surface area (Å²) in [6, 6.07) is 17.2. The first-order valence-electron chi connectivity index (χ1n) is 5.48. The second-order valence-electron chi connectivity index (χ2n) is 3.89. The molecule has 0 saturated carbocycles. The van der Waals surface area contributed by atoms with Crippen molar-refractivity contribution in [1.29, 1.82) is 0 Å². The van der Waals surface area contributed by atoms with E-state index < -0.39 is 0 Å². The zero-order valence-electron chi connectivity index (χ0n) is 9.17. The number of para-hydroxylation sites is 2. The molecule has 2 nitrogen and oxygen atoms in total. The Morgan fingerprint density at radius 2 is 1.53 bits per heavy atom. The van der Waals surface area contributed by atoms with E-state index >= 15 is 0 Å². The van der Waals surface area contributed by atoms with Crippen LogP contribution in [-0.4, -0.2) is 10.1 Å². The van der Waals surface area contributed by atoms with Crippen LogP contribution in [0.15, 0.2) is 60.8 Å². The van der Waals surface area contributed by atoms with Gasteiger partial charge >= 0.3 is 0 Å². The number of aromatic nitrogens is 1. The van der Waals surface area contributed by atoms with E-state index in [1.54, 1.807) is 12.3 Å². The number of hydrogen-bond donors (Lipinski definition) is 1. The maximum Gasteiger partial charge on any atom is 0.123 e. The number of hydrogen-bond acceptors (Lipinski definition) is 2. The van der Waals surface area contributed by atoms with Crippen LogP contribution < -0.4 is 0 Å². The maximum atomic E-state index is 9.90. The van der Waals surface area contributed by atoms with Gasteiger partial charge in [-0.2, -0.15) is 0 Å². The molecule has 0 aliphatic carbocycles. The normalized spacial score (nSPS) is 10.6. The van der Waals surface area contributed by atoms with Crippen molar-refractivity contribution in [1.82, 2.24) is 4.98 Å². The fourth-order valence-electron chi connectivity index (χ4n) is 2.03. The van der Waals surface area contributed by atoms with Crippen molar-refractivity contribution in [3.8, 4) is 16.9 Å². The molecule has 0 unspecified atom stereocenters. The van der Waals surface area contributed by atoms with E-state index in [2.05, 4.69) is 4.98 Å². The molecule has 82 valence electrons. The van der Waals surface area contributed by atoms with E-state index in [1.807, 2.05) is 48.5 Å². The summed E-state index contributed by atoms with van der Waals surface area (Å²) in [5.74, 6) is 0.295. The van der Waals surface area contributed by atoms with Gasteiger partial charge in [-0.05, 0) is 23.8 Å². The van der Waals surface area contributed by atoms with Crippen molar-refractivity contribution in [2.45, 2.75) is 0 Å². The third-order valence-electron chi connectivity index (χ3n) is 2.84. The maximum absolute atomic E-state index is 9.90. The predicted octanol–water partition coefficient (Wildman–Crippen LogP) is 3.61. The van der Waals surface area contributed by atoms with Crippen LogP contribution in [0.3, 0.4) is 0 Å². The Bertz CT molecular complexity index is 671. The van der Waals surface area contributed by atoms with Gasteiger partial charge in [0.25, 0.3) is 0 Å². The van der Waals surface area contributed by atoms with Gasteiger partial charge in [-0.25, -0.2) is 0 Å². The fraction of sp³-hybridized carbons (Fsp3) is 0. The van der Waals surface area contributed by atoms with Crippen LogP contribution in [-0.2, 0) is 0 Å². The topological polar surface area (TPSA) is 33.1 Å². The molecule has 1 aromatic heterocycles. The lowest BCUT2D eigenvalue weighted by Crippen LogP contribution is -1.84. The quantitative estimate of drug-likeness (QED) is 0.681. The van der Waals surface area contributed by atoms with Crippen molar-refractivity contribution < 1.29 is 5.11 Å². The highest BCUT2D eigenvalue weighted by molar-refractivity contribution is 5.95. The molecule has 17 heavy (non-hydrogen) atoms. The molecule has 0 atom stereocenters. The van der Waals surface area contributed by atoms with Crippen LogP contribution in [0.25, 0.3) is 22.0 Å². The summed E-state index contributed by atoms with van der Waals surface area (Å²) < 4.78 is 0. The van der Waals surface area contributed by atoms with Gasteiger partial charge in [0.05, 0.1) is 5.52 Å². The van der Waals surface area contributed by atoms with Gasteiger partial charge in [0.15, 0.2) is 0 Å². The second kappa shape index (κ2) is 3.91. The van der Waals surface area contributed by atoms with Crippen molar-refractivity contribution in [3.63, 3.8) is 0 Å². The Kier molecular flexibility index (Phi) is 2.26. The minimum Gasteiger partial charge on any atom is -0.507 e. The molecule has 1 heterocycles. The second-order valence-corrected chi connectivity index (χ2v) is 3.89.